The lowest BCUT2D eigenvalue weighted by molar-refractivity contribution is -0.520. The molecule has 0 bridgehead atoms. The zero-order valence-corrected chi connectivity index (χ0v) is 8.13. The summed E-state index contributed by atoms with van der Waals surface area (Å²) in [7, 11) is 0. The van der Waals surface area contributed by atoms with Crippen LogP contribution in [0.4, 0.5) is 0 Å². The fourth-order valence-corrected chi connectivity index (χ4v) is 0.768. The minimum Gasteiger partial charge on any atom is -0.264 e. The summed E-state index contributed by atoms with van der Waals surface area (Å²) in [6.45, 7) is 9.61. The highest BCUT2D eigenvalue weighted by Crippen LogP contribution is 2.05. The van der Waals surface area contributed by atoms with Gasteiger partial charge in [0.2, 0.25) is 6.04 Å². The summed E-state index contributed by atoms with van der Waals surface area (Å²) in [6, 6.07) is -0.384. The largest absolute Gasteiger partial charge is 0.264 e. The standard InChI is InChI=1S/C6H13NO2.C2H6/c1-5(2)4-6(3)7(8)9;1-2/h5-6H,4H2,1-3H3;1-2H3. The van der Waals surface area contributed by atoms with Crippen LogP contribution in [0.3, 0.4) is 0 Å². The van der Waals surface area contributed by atoms with Crippen molar-refractivity contribution in [3.05, 3.63) is 10.1 Å². The summed E-state index contributed by atoms with van der Waals surface area (Å²) in [6.07, 6.45) is 0.674. The number of hydrogen-bond acceptors (Lipinski definition) is 2. The molecule has 0 saturated carbocycles. The van der Waals surface area contributed by atoms with Gasteiger partial charge < -0.3 is 0 Å². The lowest BCUT2D eigenvalue weighted by Crippen LogP contribution is -2.16. The number of nitro groups is 1. The second-order valence-corrected chi connectivity index (χ2v) is 2.76. The Balaban J connectivity index is 0. The van der Waals surface area contributed by atoms with Crippen molar-refractivity contribution in [2.24, 2.45) is 5.92 Å². The average Bonchev–Trinajstić information content (AvgIpc) is 1.90. The minimum atomic E-state index is -0.384. The smallest absolute Gasteiger partial charge is 0.210 e. The van der Waals surface area contributed by atoms with Gasteiger partial charge in [0, 0.05) is 18.3 Å². The Bertz CT molecular complexity index is 102. The Kier molecular flexibility index (Phi) is 8.89. The molecule has 0 spiro atoms. The third kappa shape index (κ3) is 9.40. The first-order valence-electron chi connectivity index (χ1n) is 4.17. The topological polar surface area (TPSA) is 43.1 Å². The fourth-order valence-electron chi connectivity index (χ4n) is 0.768. The summed E-state index contributed by atoms with van der Waals surface area (Å²) in [4.78, 5) is 9.80. The Morgan fingerprint density at radius 3 is 1.73 bits per heavy atom. The molecule has 0 amide bonds. The van der Waals surface area contributed by atoms with Crippen LogP contribution in [-0.2, 0) is 0 Å². The lowest BCUT2D eigenvalue weighted by Gasteiger charge is -2.04. The van der Waals surface area contributed by atoms with Gasteiger partial charge in [-0.1, -0.05) is 27.7 Å². The van der Waals surface area contributed by atoms with Crippen LogP contribution in [0.5, 0.6) is 0 Å². The molecule has 0 N–H and O–H groups in total. The SMILES string of the molecule is CC.CC(C)CC(C)[N+](=O)[O-]. The van der Waals surface area contributed by atoms with E-state index in [0.29, 0.717) is 12.3 Å². The molecule has 0 rings (SSSR count). The van der Waals surface area contributed by atoms with E-state index < -0.39 is 0 Å². The van der Waals surface area contributed by atoms with Gasteiger partial charge >= 0.3 is 0 Å². The molecule has 0 aromatic rings. The van der Waals surface area contributed by atoms with Gasteiger partial charge in [-0.3, -0.25) is 10.1 Å². The van der Waals surface area contributed by atoms with Crippen molar-refractivity contribution >= 4 is 0 Å². The summed E-state index contributed by atoms with van der Waals surface area (Å²) >= 11 is 0. The van der Waals surface area contributed by atoms with Gasteiger partial charge in [-0.2, -0.15) is 0 Å². The van der Waals surface area contributed by atoms with Crippen LogP contribution in [-0.4, -0.2) is 11.0 Å². The highest BCUT2D eigenvalue weighted by Gasteiger charge is 2.13. The van der Waals surface area contributed by atoms with Crippen LogP contribution in [0.25, 0.3) is 0 Å². The molecule has 3 nitrogen and oxygen atoms in total. The van der Waals surface area contributed by atoms with Gasteiger partial charge in [-0.25, -0.2) is 0 Å². The van der Waals surface area contributed by atoms with E-state index >= 15 is 0 Å². The van der Waals surface area contributed by atoms with Crippen LogP contribution in [0.1, 0.15) is 41.0 Å². The van der Waals surface area contributed by atoms with Gasteiger partial charge in [0.25, 0.3) is 0 Å². The van der Waals surface area contributed by atoms with Crippen molar-refractivity contribution < 1.29 is 4.92 Å². The normalized spacial score (nSPS) is 11.8. The molecule has 11 heavy (non-hydrogen) atoms. The van der Waals surface area contributed by atoms with Crippen LogP contribution in [0, 0.1) is 16.0 Å². The van der Waals surface area contributed by atoms with Gasteiger partial charge in [-0.05, 0) is 5.92 Å². The van der Waals surface area contributed by atoms with Gasteiger partial charge in [0.05, 0.1) is 0 Å². The molecule has 1 atom stereocenters. The molecule has 0 saturated heterocycles. The molecular weight excluding hydrogens is 142 g/mol. The highest BCUT2D eigenvalue weighted by atomic mass is 16.6. The number of hydrogen-bond donors (Lipinski definition) is 0. The first-order chi connectivity index (χ1) is 5.04. The predicted octanol–water partition coefficient (Wildman–Crippen LogP) is 2.72. The maximum Gasteiger partial charge on any atom is 0.210 e. The summed E-state index contributed by atoms with van der Waals surface area (Å²) in [5.41, 5.74) is 0. The predicted molar refractivity (Wildman–Crippen MR) is 47.3 cm³/mol. The van der Waals surface area contributed by atoms with Crippen molar-refractivity contribution in [1.82, 2.24) is 0 Å². The molecule has 0 fully saturated rings. The van der Waals surface area contributed by atoms with Gasteiger partial charge in [-0.15, -0.1) is 0 Å². The van der Waals surface area contributed by atoms with Crippen LogP contribution in [0.2, 0.25) is 0 Å². The second-order valence-electron chi connectivity index (χ2n) is 2.76. The molecule has 0 aliphatic rings. The number of nitrogens with zero attached hydrogens (tertiary/aromatic N) is 1. The number of rotatable bonds is 3. The molecule has 0 radical (unpaired) electrons. The van der Waals surface area contributed by atoms with E-state index in [2.05, 4.69) is 0 Å². The van der Waals surface area contributed by atoms with Crippen molar-refractivity contribution in [2.75, 3.05) is 0 Å². The summed E-state index contributed by atoms with van der Waals surface area (Å²) < 4.78 is 0. The van der Waals surface area contributed by atoms with Crippen molar-refractivity contribution in [2.45, 2.75) is 47.1 Å². The van der Waals surface area contributed by atoms with E-state index in [1.807, 2.05) is 27.7 Å². The molecule has 0 aliphatic carbocycles. The van der Waals surface area contributed by atoms with E-state index in [4.69, 9.17) is 0 Å². The van der Waals surface area contributed by atoms with E-state index in [-0.39, 0.29) is 11.0 Å². The third-order valence-corrected chi connectivity index (χ3v) is 1.17. The average molecular weight is 161 g/mol. The van der Waals surface area contributed by atoms with E-state index in [0.717, 1.165) is 0 Å². The van der Waals surface area contributed by atoms with Crippen LogP contribution < -0.4 is 0 Å². The van der Waals surface area contributed by atoms with Crippen LogP contribution in [0.15, 0.2) is 0 Å². The molecule has 0 aliphatic heterocycles. The van der Waals surface area contributed by atoms with Crippen molar-refractivity contribution in [3.63, 3.8) is 0 Å². The second kappa shape index (κ2) is 7.51. The van der Waals surface area contributed by atoms with E-state index in [1.54, 1.807) is 6.92 Å². The first kappa shape index (κ1) is 13.0. The molecular formula is C8H19NO2. The third-order valence-electron chi connectivity index (χ3n) is 1.17. The Morgan fingerprint density at radius 2 is 1.64 bits per heavy atom. The maximum absolute atomic E-state index is 10.0. The molecule has 1 unspecified atom stereocenters. The highest BCUT2D eigenvalue weighted by molar-refractivity contribution is 4.51. The zero-order valence-electron chi connectivity index (χ0n) is 8.13. The summed E-state index contributed by atoms with van der Waals surface area (Å²) in [5.74, 6) is 0.422. The van der Waals surface area contributed by atoms with Crippen LogP contribution >= 0.6 is 0 Å². The quantitative estimate of drug-likeness (QED) is 0.472. The van der Waals surface area contributed by atoms with Crippen molar-refractivity contribution in [1.29, 1.82) is 0 Å². The Labute approximate surface area is 69.0 Å². The summed E-state index contributed by atoms with van der Waals surface area (Å²) in [5, 5.41) is 10.0. The zero-order chi connectivity index (χ0) is 9.44. The molecule has 68 valence electrons. The van der Waals surface area contributed by atoms with Gasteiger partial charge in [0.1, 0.15) is 0 Å². The van der Waals surface area contributed by atoms with Gasteiger partial charge in [0.15, 0.2) is 0 Å². The lowest BCUT2D eigenvalue weighted by atomic mass is 10.1. The molecule has 0 aromatic heterocycles. The van der Waals surface area contributed by atoms with Crippen molar-refractivity contribution in [3.8, 4) is 0 Å². The minimum absolute atomic E-state index is 0.236. The maximum atomic E-state index is 10.0. The molecule has 0 aromatic carbocycles. The van der Waals surface area contributed by atoms with E-state index in [1.165, 1.54) is 0 Å². The fraction of sp³-hybridized carbons (Fsp3) is 1.00. The molecule has 3 heteroatoms. The Morgan fingerprint density at radius 1 is 1.27 bits per heavy atom. The van der Waals surface area contributed by atoms with E-state index in [9.17, 15) is 10.1 Å². The molecule has 0 heterocycles. The first-order valence-corrected chi connectivity index (χ1v) is 4.17. The monoisotopic (exact) mass is 161 g/mol. The Hall–Kier alpha value is -0.600.